The van der Waals surface area contributed by atoms with Gasteiger partial charge in [-0.1, -0.05) is 41.9 Å². The number of imidazole rings is 1. The lowest BCUT2D eigenvalue weighted by molar-refractivity contribution is 0.0990. The number of amides is 2. The smallest absolute Gasteiger partial charge is 0.269 e. The molecule has 1 atom stereocenters. The van der Waals surface area contributed by atoms with Crippen LogP contribution in [-0.2, 0) is 0 Å². The molecule has 1 fully saturated rings. The summed E-state index contributed by atoms with van der Waals surface area (Å²) in [5.74, 6) is 6.39. The van der Waals surface area contributed by atoms with Crippen LogP contribution in [0.5, 0.6) is 0 Å². The second kappa shape index (κ2) is 11.6. The van der Waals surface area contributed by atoms with E-state index in [0.717, 1.165) is 36.9 Å². The third kappa shape index (κ3) is 5.55. The number of nitrogen functional groups attached to an aromatic ring is 1. The summed E-state index contributed by atoms with van der Waals surface area (Å²) in [4.78, 5) is 36.7. The fourth-order valence-corrected chi connectivity index (χ4v) is 5.14. The predicted molar refractivity (Wildman–Crippen MR) is 157 cm³/mol. The third-order valence-corrected chi connectivity index (χ3v) is 7.21. The number of halogens is 1. The largest absolute Gasteiger partial charge is 0.368 e. The number of benzene rings is 2. The second-order valence-electron chi connectivity index (χ2n) is 9.60. The highest BCUT2D eigenvalue weighted by atomic mass is 35.5. The van der Waals surface area contributed by atoms with Crippen LogP contribution in [0.15, 0.2) is 79.1 Å². The van der Waals surface area contributed by atoms with Crippen molar-refractivity contribution in [2.24, 2.45) is 5.73 Å². The summed E-state index contributed by atoms with van der Waals surface area (Å²) in [6.45, 7) is 2.84. The molecule has 4 aromatic rings. The normalized spacial score (nSPS) is 15.3. The van der Waals surface area contributed by atoms with Crippen LogP contribution in [0.25, 0.3) is 22.4 Å². The van der Waals surface area contributed by atoms with Crippen molar-refractivity contribution in [2.45, 2.75) is 32.2 Å². The Kier molecular flexibility index (Phi) is 7.84. The molecule has 3 heterocycles. The van der Waals surface area contributed by atoms with Crippen molar-refractivity contribution in [2.75, 3.05) is 17.7 Å². The minimum atomic E-state index is -0.668. The van der Waals surface area contributed by atoms with Gasteiger partial charge >= 0.3 is 0 Å². The highest BCUT2D eigenvalue weighted by Gasteiger charge is 2.30. The van der Waals surface area contributed by atoms with Crippen molar-refractivity contribution in [3.8, 4) is 22.4 Å². The molecule has 9 nitrogen and oxygen atoms in total. The lowest BCUT2D eigenvalue weighted by Gasteiger charge is -2.34. The van der Waals surface area contributed by atoms with Gasteiger partial charge in [0.2, 0.25) is 0 Å². The van der Waals surface area contributed by atoms with E-state index in [2.05, 4.69) is 15.2 Å². The first-order chi connectivity index (χ1) is 19.4. The topological polar surface area (TPSA) is 132 Å². The molecule has 5 N–H and O–H groups in total. The van der Waals surface area contributed by atoms with Gasteiger partial charge in [0, 0.05) is 28.9 Å². The first-order valence-corrected chi connectivity index (χ1v) is 13.4. The minimum Gasteiger partial charge on any atom is -0.368 e. The predicted octanol–water partition coefficient (Wildman–Crippen LogP) is 5.39. The molecule has 40 heavy (non-hydrogen) atoms. The number of likely N-dealkylation sites (tertiary alicyclic amines) is 1. The van der Waals surface area contributed by atoms with Crippen LogP contribution in [0.4, 0.5) is 5.82 Å². The van der Waals surface area contributed by atoms with Crippen molar-refractivity contribution in [1.29, 1.82) is 0 Å². The Morgan fingerprint density at radius 3 is 2.45 bits per heavy atom. The first kappa shape index (κ1) is 27.0. The molecule has 2 amide bonds. The van der Waals surface area contributed by atoms with Crippen molar-refractivity contribution < 1.29 is 9.59 Å². The number of hydrogen-bond acceptors (Lipinski definition) is 6. The Balaban J connectivity index is 1.38. The van der Waals surface area contributed by atoms with Crippen LogP contribution in [0.1, 0.15) is 58.9 Å². The highest BCUT2D eigenvalue weighted by molar-refractivity contribution is 6.30. The number of carbonyl (C=O) groups is 2. The summed E-state index contributed by atoms with van der Waals surface area (Å²) in [7, 11) is 0. The van der Waals surface area contributed by atoms with Crippen LogP contribution in [-0.4, -0.2) is 37.9 Å². The Morgan fingerprint density at radius 1 is 1.02 bits per heavy atom. The van der Waals surface area contributed by atoms with E-state index in [1.807, 2.05) is 49.5 Å². The molecule has 10 heteroatoms. The molecule has 0 bridgehead atoms. The van der Waals surface area contributed by atoms with Gasteiger partial charge in [-0.2, -0.15) is 0 Å². The van der Waals surface area contributed by atoms with E-state index in [1.165, 1.54) is 4.68 Å². The van der Waals surface area contributed by atoms with E-state index < -0.39 is 5.91 Å². The second-order valence-corrected chi connectivity index (χ2v) is 10.0. The highest BCUT2D eigenvalue weighted by Crippen LogP contribution is 2.33. The fourth-order valence-electron chi connectivity index (χ4n) is 5.01. The summed E-state index contributed by atoms with van der Waals surface area (Å²) >= 11 is 6.00. The Morgan fingerprint density at radius 2 is 1.75 bits per heavy atom. The standard InChI is InChI=1S/C30H30ClN7O2/c1-2-16-37-17-4-3-5-24(37)29-36-26(27(28(32)39)38(29)33)20-6-8-21(9-7-20)30(40)35-25-18-22(14-15-34-25)19-10-12-23(31)13-11-19/h2,6-16,18,24H,3-5,17,33H2,1H3,(H2,32,39)(H,34,35,40). The van der Waals surface area contributed by atoms with Crippen molar-refractivity contribution in [3.05, 3.63) is 101 Å². The number of anilines is 1. The number of nitrogens with two attached hydrogens (primary N) is 2. The van der Waals surface area contributed by atoms with Crippen molar-refractivity contribution in [3.63, 3.8) is 0 Å². The van der Waals surface area contributed by atoms with Crippen LogP contribution in [0.2, 0.25) is 5.02 Å². The number of hydrogen-bond donors (Lipinski definition) is 3. The van der Waals surface area contributed by atoms with Gasteiger partial charge in [0.15, 0.2) is 11.5 Å². The van der Waals surface area contributed by atoms with E-state index in [1.54, 1.807) is 36.5 Å². The minimum absolute atomic E-state index is 0.0667. The maximum Gasteiger partial charge on any atom is 0.269 e. The number of aromatic nitrogens is 3. The van der Waals surface area contributed by atoms with Crippen LogP contribution in [0, 0.1) is 0 Å². The summed E-state index contributed by atoms with van der Waals surface area (Å²) in [6, 6.07) is 17.8. The fraction of sp³-hybridized carbons (Fsp3) is 0.200. The Hall–Kier alpha value is -4.63. The first-order valence-electron chi connectivity index (χ1n) is 13.1. The number of nitrogens with one attached hydrogen (secondary N) is 1. The maximum atomic E-state index is 13.0. The van der Waals surface area contributed by atoms with Gasteiger partial charge in [0.25, 0.3) is 11.8 Å². The van der Waals surface area contributed by atoms with Gasteiger partial charge in [-0.15, -0.1) is 0 Å². The molecule has 1 unspecified atom stereocenters. The van der Waals surface area contributed by atoms with Gasteiger partial charge in [-0.3, -0.25) is 9.59 Å². The number of piperidine rings is 1. The number of primary amides is 1. The molecular formula is C30H30ClN7O2. The molecule has 2 aromatic heterocycles. The van der Waals surface area contributed by atoms with E-state index in [0.29, 0.717) is 33.5 Å². The molecular weight excluding hydrogens is 526 g/mol. The zero-order valence-corrected chi connectivity index (χ0v) is 22.8. The van der Waals surface area contributed by atoms with Gasteiger partial charge in [0.1, 0.15) is 11.5 Å². The molecule has 0 aliphatic carbocycles. The molecule has 2 aromatic carbocycles. The molecule has 0 radical (unpaired) electrons. The molecule has 1 saturated heterocycles. The number of rotatable bonds is 7. The molecule has 204 valence electrons. The number of pyridine rings is 1. The van der Waals surface area contributed by atoms with Crippen molar-refractivity contribution >= 4 is 29.2 Å². The van der Waals surface area contributed by atoms with E-state index in [4.69, 9.17) is 28.2 Å². The Labute approximate surface area is 237 Å². The van der Waals surface area contributed by atoms with Gasteiger partial charge in [0.05, 0.1) is 6.04 Å². The van der Waals surface area contributed by atoms with Gasteiger partial charge in [-0.05, 0) is 79.9 Å². The molecule has 5 rings (SSSR count). The van der Waals surface area contributed by atoms with Crippen LogP contribution < -0.4 is 16.9 Å². The average molecular weight is 556 g/mol. The lowest BCUT2D eigenvalue weighted by Crippen LogP contribution is -2.33. The zero-order chi connectivity index (χ0) is 28.2. The number of carbonyl (C=O) groups excluding carboxylic acids is 2. The number of allylic oxidation sites excluding steroid dienone is 1. The average Bonchev–Trinajstić information content (AvgIpc) is 3.31. The Bertz CT molecular complexity index is 1560. The lowest BCUT2D eigenvalue weighted by atomic mass is 10.0. The van der Waals surface area contributed by atoms with E-state index >= 15 is 0 Å². The number of nitrogens with zero attached hydrogens (tertiary/aromatic N) is 4. The van der Waals surface area contributed by atoms with Crippen molar-refractivity contribution in [1.82, 2.24) is 19.5 Å². The molecule has 1 aliphatic rings. The van der Waals surface area contributed by atoms with Crippen LogP contribution >= 0.6 is 11.6 Å². The summed E-state index contributed by atoms with van der Waals surface area (Å²) in [5.41, 5.74) is 9.15. The molecule has 1 aliphatic heterocycles. The van der Waals surface area contributed by atoms with Crippen LogP contribution in [0.3, 0.4) is 0 Å². The van der Waals surface area contributed by atoms with E-state index in [-0.39, 0.29) is 17.6 Å². The monoisotopic (exact) mass is 555 g/mol. The summed E-state index contributed by atoms with van der Waals surface area (Å²) in [6.07, 6.45) is 8.61. The SMILES string of the molecule is CC=CN1CCCCC1c1nc(-c2ccc(C(=O)Nc3cc(-c4ccc(Cl)cc4)ccn3)cc2)c(C(N)=O)n1N. The zero-order valence-electron chi connectivity index (χ0n) is 22.0. The molecule has 0 saturated carbocycles. The van der Waals surface area contributed by atoms with E-state index in [9.17, 15) is 9.59 Å². The summed E-state index contributed by atoms with van der Waals surface area (Å²) < 4.78 is 1.31. The third-order valence-electron chi connectivity index (χ3n) is 6.95. The summed E-state index contributed by atoms with van der Waals surface area (Å²) in [5, 5.41) is 3.49. The quantitative estimate of drug-likeness (QED) is 0.262. The maximum absolute atomic E-state index is 13.0. The molecule has 0 spiro atoms. The van der Waals surface area contributed by atoms with Gasteiger partial charge in [-0.25, -0.2) is 14.6 Å². The van der Waals surface area contributed by atoms with Gasteiger partial charge < -0.3 is 21.8 Å².